The van der Waals surface area contributed by atoms with Gasteiger partial charge in [-0.2, -0.15) is 11.8 Å². The molecule has 3 aliphatic carbocycles. The predicted molar refractivity (Wildman–Crippen MR) is 155 cm³/mol. The minimum absolute atomic E-state index is 0.0438. The summed E-state index contributed by atoms with van der Waals surface area (Å²) >= 11 is 1.79. The van der Waals surface area contributed by atoms with Gasteiger partial charge in [0.15, 0.2) is 11.5 Å². The van der Waals surface area contributed by atoms with Crippen molar-refractivity contribution < 1.29 is 19.7 Å². The van der Waals surface area contributed by atoms with Crippen LogP contribution in [-0.4, -0.2) is 54.7 Å². The number of fused-ring (bicyclic) bond motifs is 1. The molecular formula is C30H55NO4S. The molecule has 1 aromatic rings. The molecule has 2 fully saturated rings. The van der Waals surface area contributed by atoms with E-state index in [0.29, 0.717) is 5.75 Å². The second kappa shape index (κ2) is 15.5. The molecule has 1 aliphatic heterocycles. The topological polar surface area (TPSA) is 84.9 Å². The van der Waals surface area contributed by atoms with Crippen LogP contribution in [0.25, 0.3) is 0 Å². The predicted octanol–water partition coefficient (Wildman–Crippen LogP) is 6.56. The monoisotopic (exact) mass is 525 g/mol. The van der Waals surface area contributed by atoms with Crippen LogP contribution >= 0.6 is 11.8 Å². The molecule has 36 heavy (non-hydrogen) atoms. The van der Waals surface area contributed by atoms with Crippen molar-refractivity contribution in [3.63, 3.8) is 0 Å². The SMILES string of the molecule is CC.CC.CC(C)(C)CO.COC(CSC)[C@@H]1Oc2c(O)ccc3c2C12CCC(C3)C2.NCC1CC1. The molecule has 1 aromatic carbocycles. The van der Waals surface area contributed by atoms with E-state index in [-0.39, 0.29) is 29.6 Å². The Bertz CT molecular complexity index is 762. The van der Waals surface area contributed by atoms with Crippen LogP contribution in [0.2, 0.25) is 0 Å². The number of benzene rings is 1. The molecule has 4 N–H and O–H groups in total. The van der Waals surface area contributed by atoms with Crippen molar-refractivity contribution in [3.8, 4) is 11.5 Å². The summed E-state index contributed by atoms with van der Waals surface area (Å²) in [6.07, 6.45) is 9.76. The van der Waals surface area contributed by atoms with Crippen LogP contribution < -0.4 is 10.5 Å². The van der Waals surface area contributed by atoms with Crippen LogP contribution in [0.4, 0.5) is 0 Å². The highest BCUT2D eigenvalue weighted by Gasteiger charge is 2.59. The second-order valence-corrected chi connectivity index (χ2v) is 12.0. The molecule has 2 bridgehead atoms. The van der Waals surface area contributed by atoms with Crippen molar-refractivity contribution in [3.05, 3.63) is 23.3 Å². The third-order valence-electron chi connectivity index (χ3n) is 7.15. The lowest BCUT2D eigenvalue weighted by atomic mass is 9.68. The molecular weight excluding hydrogens is 470 g/mol. The van der Waals surface area contributed by atoms with Gasteiger partial charge in [-0.3, -0.25) is 0 Å². The number of ether oxygens (including phenoxy) is 2. The molecule has 4 atom stereocenters. The third kappa shape index (κ3) is 8.28. The Morgan fingerprint density at radius 2 is 1.78 bits per heavy atom. The van der Waals surface area contributed by atoms with Crippen LogP contribution in [0.3, 0.4) is 0 Å². The number of aromatic hydroxyl groups is 1. The van der Waals surface area contributed by atoms with Gasteiger partial charge in [0, 0.05) is 30.4 Å². The number of phenolic OH excluding ortho intramolecular Hbond substituents is 1. The molecule has 2 saturated carbocycles. The lowest BCUT2D eigenvalue weighted by Gasteiger charge is -2.37. The molecule has 210 valence electrons. The maximum absolute atomic E-state index is 10.2. The maximum atomic E-state index is 10.2. The van der Waals surface area contributed by atoms with E-state index in [4.69, 9.17) is 20.3 Å². The lowest BCUT2D eigenvalue weighted by Crippen LogP contribution is -2.47. The normalized spacial score (nSPS) is 25.2. The van der Waals surface area contributed by atoms with Gasteiger partial charge in [0.05, 0.1) is 0 Å². The number of aliphatic hydroxyl groups is 1. The zero-order valence-electron chi connectivity index (χ0n) is 24.5. The maximum Gasteiger partial charge on any atom is 0.165 e. The van der Waals surface area contributed by atoms with E-state index < -0.39 is 0 Å². The first kappa shape index (κ1) is 33.1. The fraction of sp³-hybridized carbons (Fsp3) is 0.800. The van der Waals surface area contributed by atoms with Gasteiger partial charge in [-0.25, -0.2) is 0 Å². The quantitative estimate of drug-likeness (QED) is 0.404. The summed E-state index contributed by atoms with van der Waals surface area (Å²) in [5.41, 5.74) is 8.09. The minimum Gasteiger partial charge on any atom is -0.504 e. The Morgan fingerprint density at radius 3 is 2.22 bits per heavy atom. The number of hydrogen-bond acceptors (Lipinski definition) is 6. The average molecular weight is 526 g/mol. The third-order valence-corrected chi connectivity index (χ3v) is 7.81. The fourth-order valence-electron chi connectivity index (χ4n) is 5.21. The zero-order valence-corrected chi connectivity index (χ0v) is 25.3. The van der Waals surface area contributed by atoms with Gasteiger partial charge in [0.2, 0.25) is 0 Å². The van der Waals surface area contributed by atoms with Gasteiger partial charge < -0.3 is 25.4 Å². The van der Waals surface area contributed by atoms with Crippen molar-refractivity contribution in [2.75, 3.05) is 32.3 Å². The number of aliphatic hydroxyl groups excluding tert-OH is 1. The molecule has 0 radical (unpaired) electrons. The molecule has 1 heterocycles. The highest BCUT2D eigenvalue weighted by molar-refractivity contribution is 7.98. The van der Waals surface area contributed by atoms with Gasteiger partial charge in [-0.1, -0.05) is 54.5 Å². The number of thioether (sulfide) groups is 1. The summed E-state index contributed by atoms with van der Waals surface area (Å²) in [6, 6.07) is 3.90. The molecule has 1 spiro atoms. The van der Waals surface area contributed by atoms with E-state index in [0.717, 1.165) is 36.3 Å². The molecule has 3 unspecified atom stereocenters. The summed E-state index contributed by atoms with van der Waals surface area (Å²) < 4.78 is 12.1. The summed E-state index contributed by atoms with van der Waals surface area (Å²) in [5.74, 6) is 3.64. The van der Waals surface area contributed by atoms with Crippen molar-refractivity contribution in [2.45, 2.75) is 105 Å². The smallest absolute Gasteiger partial charge is 0.165 e. The Morgan fingerprint density at radius 1 is 1.17 bits per heavy atom. The fourth-order valence-corrected chi connectivity index (χ4v) is 5.85. The number of hydrogen-bond donors (Lipinski definition) is 3. The van der Waals surface area contributed by atoms with Crippen LogP contribution in [-0.2, 0) is 16.6 Å². The summed E-state index contributed by atoms with van der Waals surface area (Å²) in [5, 5.41) is 18.7. The minimum atomic E-state index is 0.0438. The van der Waals surface area contributed by atoms with Gasteiger partial charge in [0.25, 0.3) is 0 Å². The molecule has 0 saturated heterocycles. The van der Waals surface area contributed by atoms with Crippen LogP contribution in [0, 0.1) is 17.3 Å². The van der Waals surface area contributed by atoms with Crippen LogP contribution in [0.1, 0.15) is 91.7 Å². The summed E-state index contributed by atoms with van der Waals surface area (Å²) in [6.45, 7) is 15.2. The Hall–Kier alpha value is -0.950. The standard InChI is InChI=1S/C17H22O3S.C5H12O.C4H9N.2C2H6/c1-19-13(9-21-2)16-17-6-5-10(8-17)7-11-3-4-12(18)15(20-16)14(11)17;1-5(2,3)4-6;5-3-4-1-2-4;2*1-2/h3-4,10,13,16,18H,5-9H2,1-2H3;6H,4H2,1-3H3;4H,1-3,5H2;2*1-2H3/t10?,13?,16-,17?;;;;/m0..../s1. The number of methoxy groups -OCH3 is 1. The molecule has 5 rings (SSSR count). The first-order chi connectivity index (χ1) is 17.2. The van der Waals surface area contributed by atoms with Crippen LogP contribution in [0.5, 0.6) is 11.5 Å². The molecule has 0 amide bonds. The number of nitrogens with two attached hydrogens (primary N) is 1. The Balaban J connectivity index is 0.000000358. The van der Waals surface area contributed by atoms with Gasteiger partial charge in [-0.15, -0.1) is 0 Å². The van der Waals surface area contributed by atoms with Gasteiger partial charge in [-0.05, 0) is 80.2 Å². The largest absolute Gasteiger partial charge is 0.504 e. The first-order valence-corrected chi connectivity index (χ1v) is 15.4. The molecule has 0 aromatic heterocycles. The van der Waals surface area contributed by atoms with Gasteiger partial charge in [0.1, 0.15) is 12.2 Å². The van der Waals surface area contributed by atoms with E-state index >= 15 is 0 Å². The van der Waals surface area contributed by atoms with Gasteiger partial charge >= 0.3 is 0 Å². The highest BCUT2D eigenvalue weighted by Crippen LogP contribution is 2.62. The zero-order chi connectivity index (χ0) is 27.5. The Labute approximate surface area is 225 Å². The van der Waals surface area contributed by atoms with Crippen molar-refractivity contribution in [1.29, 1.82) is 0 Å². The molecule has 6 heteroatoms. The average Bonchev–Trinajstić information content (AvgIpc) is 3.60. The van der Waals surface area contributed by atoms with E-state index in [9.17, 15) is 5.11 Å². The first-order valence-electron chi connectivity index (χ1n) is 14.0. The number of phenols is 1. The molecule has 5 nitrogen and oxygen atoms in total. The van der Waals surface area contributed by atoms with Crippen LogP contribution in [0.15, 0.2) is 12.1 Å². The second-order valence-electron chi connectivity index (χ2n) is 11.1. The van der Waals surface area contributed by atoms with Crippen molar-refractivity contribution >= 4 is 11.8 Å². The lowest BCUT2D eigenvalue weighted by molar-refractivity contribution is -0.0103. The highest BCUT2D eigenvalue weighted by atomic mass is 32.2. The van der Waals surface area contributed by atoms with E-state index in [1.165, 1.54) is 43.2 Å². The van der Waals surface area contributed by atoms with E-state index in [1.807, 2.05) is 48.5 Å². The van der Waals surface area contributed by atoms with Crippen molar-refractivity contribution in [2.24, 2.45) is 23.0 Å². The Kier molecular flexibility index (Phi) is 14.2. The van der Waals surface area contributed by atoms with Crippen molar-refractivity contribution in [1.82, 2.24) is 0 Å². The number of rotatable bonds is 5. The van der Waals surface area contributed by atoms with E-state index in [1.54, 1.807) is 24.9 Å². The molecule has 4 aliphatic rings. The van der Waals surface area contributed by atoms with E-state index in [2.05, 4.69) is 12.3 Å². The summed E-state index contributed by atoms with van der Waals surface area (Å²) in [4.78, 5) is 0. The summed E-state index contributed by atoms with van der Waals surface area (Å²) in [7, 11) is 1.78.